The maximum Gasteiger partial charge on any atom is 0.0311 e. The standard InChI is InChI=1S/C19H22BrN/c1-13-9-10-17(18(20)11-13)19(21)12-15-7-4-6-14-5-2-3-8-16(14)15/h2-3,5,8-11,15,19H,4,6-7,12,21H2,1H3. The second-order valence-electron chi connectivity index (χ2n) is 6.16. The van der Waals surface area contributed by atoms with E-state index < -0.39 is 0 Å². The zero-order valence-corrected chi connectivity index (χ0v) is 14.1. The summed E-state index contributed by atoms with van der Waals surface area (Å²) in [6.07, 6.45) is 4.78. The van der Waals surface area contributed by atoms with E-state index in [1.807, 2.05) is 0 Å². The number of benzene rings is 2. The number of hydrogen-bond acceptors (Lipinski definition) is 1. The molecular formula is C19H22BrN. The fourth-order valence-electron chi connectivity index (χ4n) is 3.47. The summed E-state index contributed by atoms with van der Waals surface area (Å²) in [7, 11) is 0. The molecule has 2 heteroatoms. The van der Waals surface area contributed by atoms with E-state index in [0.29, 0.717) is 5.92 Å². The molecular weight excluding hydrogens is 322 g/mol. The predicted octanol–water partition coefficient (Wildman–Crippen LogP) is 5.27. The van der Waals surface area contributed by atoms with Crippen LogP contribution in [0.4, 0.5) is 0 Å². The van der Waals surface area contributed by atoms with E-state index in [9.17, 15) is 0 Å². The lowest BCUT2D eigenvalue weighted by molar-refractivity contribution is 0.475. The normalized spacial score (nSPS) is 19.1. The molecule has 110 valence electrons. The third-order valence-corrected chi connectivity index (χ3v) is 5.27. The number of aryl methyl sites for hydroxylation is 2. The fraction of sp³-hybridized carbons (Fsp3) is 0.368. The summed E-state index contributed by atoms with van der Waals surface area (Å²) in [5.74, 6) is 0.596. The van der Waals surface area contributed by atoms with Crippen LogP contribution in [-0.4, -0.2) is 0 Å². The molecule has 21 heavy (non-hydrogen) atoms. The van der Waals surface area contributed by atoms with Crippen LogP contribution in [0.15, 0.2) is 46.9 Å². The minimum Gasteiger partial charge on any atom is -0.324 e. The Bertz CT molecular complexity index is 635. The van der Waals surface area contributed by atoms with Crippen LogP contribution in [0.2, 0.25) is 0 Å². The van der Waals surface area contributed by atoms with Gasteiger partial charge in [-0.1, -0.05) is 52.3 Å². The van der Waals surface area contributed by atoms with Gasteiger partial charge in [-0.05, 0) is 66.8 Å². The lowest BCUT2D eigenvalue weighted by Crippen LogP contribution is -2.18. The van der Waals surface area contributed by atoms with Crippen LogP contribution in [0.25, 0.3) is 0 Å². The molecule has 0 heterocycles. The van der Waals surface area contributed by atoms with Crippen LogP contribution in [0.3, 0.4) is 0 Å². The molecule has 0 aromatic heterocycles. The summed E-state index contributed by atoms with van der Waals surface area (Å²) in [6, 6.07) is 15.4. The minimum absolute atomic E-state index is 0.0936. The van der Waals surface area contributed by atoms with Crippen molar-refractivity contribution >= 4 is 15.9 Å². The molecule has 3 rings (SSSR count). The molecule has 2 atom stereocenters. The van der Waals surface area contributed by atoms with Gasteiger partial charge in [0.2, 0.25) is 0 Å². The molecule has 2 N–H and O–H groups in total. The van der Waals surface area contributed by atoms with Crippen molar-refractivity contribution in [3.63, 3.8) is 0 Å². The molecule has 1 aliphatic carbocycles. The molecule has 0 bridgehead atoms. The lowest BCUT2D eigenvalue weighted by atomic mass is 9.79. The maximum atomic E-state index is 6.50. The zero-order chi connectivity index (χ0) is 14.8. The predicted molar refractivity (Wildman–Crippen MR) is 92.5 cm³/mol. The Morgan fingerprint density at radius 2 is 2.05 bits per heavy atom. The number of halogens is 1. The van der Waals surface area contributed by atoms with E-state index in [0.717, 1.165) is 10.9 Å². The van der Waals surface area contributed by atoms with Crippen LogP contribution in [0.1, 0.15) is 53.5 Å². The monoisotopic (exact) mass is 343 g/mol. The average molecular weight is 344 g/mol. The van der Waals surface area contributed by atoms with E-state index in [1.54, 1.807) is 0 Å². The highest BCUT2D eigenvalue weighted by molar-refractivity contribution is 9.10. The summed E-state index contributed by atoms with van der Waals surface area (Å²) >= 11 is 3.66. The van der Waals surface area contributed by atoms with E-state index >= 15 is 0 Å². The molecule has 2 aromatic rings. The summed E-state index contributed by atoms with van der Waals surface area (Å²) in [6.45, 7) is 2.11. The van der Waals surface area contributed by atoms with Crippen molar-refractivity contribution in [1.29, 1.82) is 0 Å². The Morgan fingerprint density at radius 1 is 1.24 bits per heavy atom. The molecule has 0 fully saturated rings. The number of nitrogens with two attached hydrogens (primary N) is 1. The summed E-state index contributed by atoms with van der Waals surface area (Å²) in [4.78, 5) is 0. The third-order valence-electron chi connectivity index (χ3n) is 4.59. The average Bonchev–Trinajstić information content (AvgIpc) is 2.47. The molecule has 1 nitrogen and oxygen atoms in total. The van der Waals surface area contributed by atoms with Crippen molar-refractivity contribution in [3.05, 3.63) is 69.2 Å². The van der Waals surface area contributed by atoms with Crippen molar-refractivity contribution < 1.29 is 0 Å². The maximum absolute atomic E-state index is 6.50. The minimum atomic E-state index is 0.0936. The van der Waals surface area contributed by atoms with Crippen molar-refractivity contribution in [1.82, 2.24) is 0 Å². The SMILES string of the molecule is Cc1ccc(C(N)CC2CCCc3ccccc32)c(Br)c1. The van der Waals surface area contributed by atoms with Gasteiger partial charge in [-0.15, -0.1) is 0 Å². The van der Waals surface area contributed by atoms with Crippen molar-refractivity contribution in [2.45, 2.75) is 44.6 Å². The molecule has 0 radical (unpaired) electrons. The van der Waals surface area contributed by atoms with Gasteiger partial charge in [0.25, 0.3) is 0 Å². The fourth-order valence-corrected chi connectivity index (χ4v) is 4.25. The molecule has 2 aromatic carbocycles. The van der Waals surface area contributed by atoms with Gasteiger partial charge in [0.05, 0.1) is 0 Å². The molecule has 0 saturated carbocycles. The molecule has 2 unspecified atom stereocenters. The van der Waals surface area contributed by atoms with E-state index in [2.05, 4.69) is 65.3 Å². The van der Waals surface area contributed by atoms with Crippen molar-refractivity contribution in [3.8, 4) is 0 Å². The molecule has 0 aliphatic heterocycles. The Hall–Kier alpha value is -1.12. The highest BCUT2D eigenvalue weighted by Crippen LogP contribution is 2.38. The summed E-state index contributed by atoms with van der Waals surface area (Å²) < 4.78 is 1.14. The third kappa shape index (κ3) is 3.22. The second kappa shape index (κ2) is 6.33. The van der Waals surface area contributed by atoms with Gasteiger partial charge in [-0.25, -0.2) is 0 Å². The molecule has 0 saturated heterocycles. The molecule has 1 aliphatic rings. The van der Waals surface area contributed by atoms with Crippen LogP contribution < -0.4 is 5.73 Å². The van der Waals surface area contributed by atoms with Crippen molar-refractivity contribution in [2.24, 2.45) is 5.73 Å². The Labute approximate surface area is 135 Å². The highest BCUT2D eigenvalue weighted by Gasteiger charge is 2.23. The smallest absolute Gasteiger partial charge is 0.0311 e. The van der Waals surface area contributed by atoms with Crippen molar-refractivity contribution in [2.75, 3.05) is 0 Å². The van der Waals surface area contributed by atoms with Gasteiger partial charge in [0.1, 0.15) is 0 Å². The Morgan fingerprint density at radius 3 is 2.86 bits per heavy atom. The first-order valence-electron chi connectivity index (χ1n) is 7.74. The first-order valence-corrected chi connectivity index (χ1v) is 8.54. The largest absolute Gasteiger partial charge is 0.324 e. The van der Waals surface area contributed by atoms with E-state index in [-0.39, 0.29) is 6.04 Å². The summed E-state index contributed by atoms with van der Waals surface area (Å²) in [5.41, 5.74) is 12.0. The molecule has 0 amide bonds. The van der Waals surface area contributed by atoms with Crippen LogP contribution >= 0.6 is 15.9 Å². The quantitative estimate of drug-likeness (QED) is 0.807. The second-order valence-corrected chi connectivity index (χ2v) is 7.01. The van der Waals surface area contributed by atoms with Gasteiger partial charge in [0, 0.05) is 10.5 Å². The van der Waals surface area contributed by atoms with Gasteiger partial charge < -0.3 is 5.73 Å². The number of hydrogen-bond donors (Lipinski definition) is 1. The van der Waals surface area contributed by atoms with Gasteiger partial charge in [-0.3, -0.25) is 0 Å². The van der Waals surface area contributed by atoms with E-state index in [4.69, 9.17) is 5.73 Å². The Kier molecular flexibility index (Phi) is 4.46. The highest BCUT2D eigenvalue weighted by atomic mass is 79.9. The van der Waals surface area contributed by atoms with Crippen LogP contribution in [0, 0.1) is 6.92 Å². The number of fused-ring (bicyclic) bond motifs is 1. The number of rotatable bonds is 3. The first kappa shape index (κ1) is 14.8. The van der Waals surface area contributed by atoms with Gasteiger partial charge >= 0.3 is 0 Å². The first-order chi connectivity index (χ1) is 10.1. The topological polar surface area (TPSA) is 26.0 Å². The Balaban J connectivity index is 1.81. The van der Waals surface area contributed by atoms with Crippen LogP contribution in [-0.2, 0) is 6.42 Å². The van der Waals surface area contributed by atoms with Crippen LogP contribution in [0.5, 0.6) is 0 Å². The van der Waals surface area contributed by atoms with Gasteiger partial charge in [0.15, 0.2) is 0 Å². The lowest BCUT2D eigenvalue weighted by Gasteiger charge is -2.28. The van der Waals surface area contributed by atoms with E-state index in [1.165, 1.54) is 41.5 Å². The zero-order valence-electron chi connectivity index (χ0n) is 12.5. The molecule has 0 spiro atoms. The summed E-state index contributed by atoms with van der Waals surface area (Å²) in [5, 5.41) is 0. The van der Waals surface area contributed by atoms with Gasteiger partial charge in [-0.2, -0.15) is 0 Å².